The van der Waals surface area contributed by atoms with Gasteiger partial charge in [-0.25, -0.2) is 8.78 Å². The van der Waals surface area contributed by atoms with Gasteiger partial charge in [0.2, 0.25) is 0 Å². The summed E-state index contributed by atoms with van der Waals surface area (Å²) >= 11 is 0. The van der Waals surface area contributed by atoms with Gasteiger partial charge in [0.25, 0.3) is 5.91 Å². The van der Waals surface area contributed by atoms with Gasteiger partial charge < -0.3 is 9.84 Å². The number of hydrogen-bond acceptors (Lipinski definition) is 4. The molecule has 0 aliphatic carbocycles. The van der Waals surface area contributed by atoms with E-state index < -0.39 is 29.4 Å². The van der Waals surface area contributed by atoms with E-state index >= 15 is 0 Å². The minimum absolute atomic E-state index is 0.0173. The summed E-state index contributed by atoms with van der Waals surface area (Å²) in [5, 5.41) is 10.7. The van der Waals surface area contributed by atoms with Crippen LogP contribution in [0.15, 0.2) is 36.4 Å². The summed E-state index contributed by atoms with van der Waals surface area (Å²) in [6.07, 6.45) is 0.361. The van der Waals surface area contributed by atoms with Gasteiger partial charge >= 0.3 is 5.97 Å². The molecule has 0 saturated carbocycles. The summed E-state index contributed by atoms with van der Waals surface area (Å²) in [5.41, 5.74) is 1.47. The lowest BCUT2D eigenvalue weighted by Gasteiger charge is -2.23. The maximum atomic E-state index is 13.8. The Morgan fingerprint density at radius 2 is 1.75 bits per heavy atom. The van der Waals surface area contributed by atoms with E-state index in [-0.39, 0.29) is 23.3 Å². The van der Waals surface area contributed by atoms with E-state index in [9.17, 15) is 23.5 Å². The number of phenolic OH excluding ortho intramolecular Hbond substituents is 1. The van der Waals surface area contributed by atoms with Crippen molar-refractivity contribution in [3.63, 3.8) is 0 Å². The number of nitrogens with zero attached hydrogens (tertiary/aromatic N) is 1. The number of carbonyl (C=O) groups excluding carboxylic acids is 2. The van der Waals surface area contributed by atoms with Crippen molar-refractivity contribution in [3.05, 3.63) is 64.9 Å². The molecular formula is C25H27F2NO4. The van der Waals surface area contributed by atoms with Crippen molar-refractivity contribution < 1.29 is 28.2 Å². The Balaban J connectivity index is 2.28. The van der Waals surface area contributed by atoms with Crippen LogP contribution in [0, 0.1) is 24.5 Å². The summed E-state index contributed by atoms with van der Waals surface area (Å²) in [7, 11) is 0. The molecule has 3 rings (SSSR count). The predicted molar refractivity (Wildman–Crippen MR) is 118 cm³/mol. The highest BCUT2D eigenvalue weighted by atomic mass is 19.2. The van der Waals surface area contributed by atoms with Crippen LogP contribution in [-0.2, 0) is 9.53 Å². The second kappa shape index (κ2) is 9.10. The Labute approximate surface area is 185 Å². The van der Waals surface area contributed by atoms with E-state index in [1.807, 2.05) is 13.8 Å². The van der Waals surface area contributed by atoms with E-state index in [1.54, 1.807) is 26.8 Å². The van der Waals surface area contributed by atoms with Crippen LogP contribution in [0.25, 0.3) is 10.9 Å². The van der Waals surface area contributed by atoms with E-state index in [2.05, 4.69) is 0 Å². The number of esters is 1. The minimum Gasteiger partial charge on any atom is -0.508 e. The first-order chi connectivity index (χ1) is 15.1. The molecule has 0 amide bonds. The third-order valence-electron chi connectivity index (χ3n) is 5.74. The number of hydrogen-bond donors (Lipinski definition) is 1. The zero-order valence-electron chi connectivity index (χ0n) is 18.8. The lowest BCUT2D eigenvalue weighted by molar-refractivity contribution is -0.150. The molecular weight excluding hydrogens is 416 g/mol. The van der Waals surface area contributed by atoms with Gasteiger partial charge in [0.05, 0.1) is 17.5 Å². The number of aromatic nitrogens is 1. The van der Waals surface area contributed by atoms with Crippen molar-refractivity contribution in [2.24, 2.45) is 5.92 Å². The fourth-order valence-corrected chi connectivity index (χ4v) is 4.02. The summed E-state index contributed by atoms with van der Waals surface area (Å²) in [5.74, 6) is -3.96. The van der Waals surface area contributed by atoms with Crippen LogP contribution in [0.3, 0.4) is 0 Å². The summed E-state index contributed by atoms with van der Waals surface area (Å²) < 4.78 is 34.1. The van der Waals surface area contributed by atoms with Crippen LogP contribution < -0.4 is 0 Å². The fourth-order valence-electron chi connectivity index (χ4n) is 4.02. The Bertz CT molecular complexity index is 1180. The Morgan fingerprint density at radius 3 is 2.34 bits per heavy atom. The Hall–Kier alpha value is -3.22. The molecule has 0 bridgehead atoms. The summed E-state index contributed by atoms with van der Waals surface area (Å²) in [6.45, 7) is 9.11. The van der Waals surface area contributed by atoms with Gasteiger partial charge in [-0.1, -0.05) is 20.3 Å². The van der Waals surface area contributed by atoms with Crippen LogP contribution in [0.5, 0.6) is 5.75 Å². The molecule has 7 heteroatoms. The molecule has 5 nitrogen and oxygen atoms in total. The molecule has 0 fully saturated rings. The number of fused-ring (bicyclic) bond motifs is 1. The molecule has 3 aromatic rings. The van der Waals surface area contributed by atoms with Gasteiger partial charge in [-0.3, -0.25) is 14.2 Å². The maximum Gasteiger partial charge on any atom is 0.314 e. The molecule has 1 unspecified atom stereocenters. The van der Waals surface area contributed by atoms with Crippen LogP contribution in [0.4, 0.5) is 8.78 Å². The lowest BCUT2D eigenvalue weighted by Crippen LogP contribution is -2.25. The molecule has 1 heterocycles. The van der Waals surface area contributed by atoms with Crippen LogP contribution in [0.2, 0.25) is 0 Å². The van der Waals surface area contributed by atoms with E-state index in [0.717, 1.165) is 12.1 Å². The Kier molecular flexibility index (Phi) is 6.67. The van der Waals surface area contributed by atoms with Crippen LogP contribution in [0.1, 0.15) is 61.6 Å². The first kappa shape index (κ1) is 23.4. The molecule has 2 aromatic carbocycles. The van der Waals surface area contributed by atoms with Crippen LogP contribution >= 0.6 is 0 Å². The number of halogens is 2. The smallest absolute Gasteiger partial charge is 0.314 e. The standard InChI is InChI=1S/C25H27F2NO4/c1-6-14(4)22(25(31)32-13(2)3)23-15(5)28(21-10-8-17(29)12-18(21)23)24(30)16-7-9-19(26)20(27)11-16/h7-14,22,29H,6H2,1-5H3/t14-,22?/m0/s1. The number of rotatable bonds is 6. The topological polar surface area (TPSA) is 68.5 Å². The average Bonchev–Trinajstić information content (AvgIpc) is 3.00. The second-order valence-electron chi connectivity index (χ2n) is 8.32. The van der Waals surface area contributed by atoms with Crippen molar-refractivity contribution in [3.8, 4) is 5.75 Å². The van der Waals surface area contributed by atoms with E-state index in [4.69, 9.17) is 4.74 Å². The highest BCUT2D eigenvalue weighted by Gasteiger charge is 2.34. The third-order valence-corrected chi connectivity index (χ3v) is 5.74. The molecule has 0 saturated heterocycles. The normalized spacial score (nSPS) is 13.4. The summed E-state index contributed by atoms with van der Waals surface area (Å²) in [4.78, 5) is 26.4. The first-order valence-electron chi connectivity index (χ1n) is 10.6. The van der Waals surface area contributed by atoms with E-state index in [0.29, 0.717) is 28.6 Å². The molecule has 170 valence electrons. The van der Waals surface area contributed by atoms with Crippen molar-refractivity contribution in [2.75, 3.05) is 0 Å². The van der Waals surface area contributed by atoms with Gasteiger partial charge in [0, 0.05) is 16.6 Å². The number of ether oxygens (including phenoxy) is 1. The summed E-state index contributed by atoms with van der Waals surface area (Å²) in [6, 6.07) is 7.47. The zero-order chi connectivity index (χ0) is 23.7. The monoisotopic (exact) mass is 443 g/mol. The SMILES string of the molecule is CC[C@H](C)C(C(=O)OC(C)C)c1c(C)n(C(=O)c2ccc(F)c(F)c2)c2ccc(O)cc12. The van der Waals surface area contributed by atoms with Crippen molar-refractivity contribution in [1.29, 1.82) is 0 Å². The second-order valence-corrected chi connectivity index (χ2v) is 8.32. The first-order valence-corrected chi connectivity index (χ1v) is 10.6. The Morgan fingerprint density at radius 1 is 1.06 bits per heavy atom. The number of phenols is 1. The van der Waals surface area contributed by atoms with Crippen molar-refractivity contribution in [1.82, 2.24) is 4.57 Å². The molecule has 1 N–H and O–H groups in total. The number of aromatic hydroxyl groups is 1. The molecule has 0 aliphatic heterocycles. The maximum absolute atomic E-state index is 13.8. The molecule has 32 heavy (non-hydrogen) atoms. The molecule has 0 aliphatic rings. The van der Waals surface area contributed by atoms with E-state index in [1.165, 1.54) is 22.8 Å². The van der Waals surface area contributed by atoms with Gasteiger partial charge in [-0.2, -0.15) is 0 Å². The molecule has 1 aromatic heterocycles. The zero-order valence-corrected chi connectivity index (χ0v) is 18.8. The quantitative estimate of drug-likeness (QED) is 0.496. The minimum atomic E-state index is -1.12. The third kappa shape index (κ3) is 4.24. The molecule has 2 atom stereocenters. The fraction of sp³-hybridized carbons (Fsp3) is 0.360. The number of carbonyl (C=O) groups is 2. The van der Waals surface area contributed by atoms with Gasteiger partial charge in [0.1, 0.15) is 5.75 Å². The van der Waals surface area contributed by atoms with Gasteiger partial charge in [-0.15, -0.1) is 0 Å². The molecule has 0 spiro atoms. The number of benzene rings is 2. The van der Waals surface area contributed by atoms with Gasteiger partial charge in [0.15, 0.2) is 11.6 Å². The largest absolute Gasteiger partial charge is 0.508 e. The lowest BCUT2D eigenvalue weighted by atomic mass is 9.84. The predicted octanol–water partition coefficient (Wildman–Crippen LogP) is 5.70. The molecule has 0 radical (unpaired) electrons. The van der Waals surface area contributed by atoms with Crippen molar-refractivity contribution in [2.45, 2.75) is 53.1 Å². The highest BCUT2D eigenvalue weighted by Crippen LogP contribution is 2.39. The van der Waals surface area contributed by atoms with Crippen molar-refractivity contribution >= 4 is 22.8 Å². The highest BCUT2D eigenvalue weighted by molar-refractivity contribution is 6.05. The average molecular weight is 443 g/mol. The van der Waals surface area contributed by atoms with Gasteiger partial charge in [-0.05, 0) is 68.7 Å². The van der Waals surface area contributed by atoms with Crippen LogP contribution in [-0.4, -0.2) is 27.7 Å².